The Morgan fingerprint density at radius 3 is 1.20 bits per heavy atom. The summed E-state index contributed by atoms with van der Waals surface area (Å²) in [5.41, 5.74) is 0. The zero-order valence-electron chi connectivity index (χ0n) is 4.21. The Kier molecular flexibility index (Phi) is 59.4. The molecule has 2 heteroatoms. The van der Waals surface area contributed by atoms with Gasteiger partial charge in [-0.05, 0) is 0 Å². The first-order valence-electron chi connectivity index (χ1n) is 1.41. The fourth-order valence-corrected chi connectivity index (χ4v) is 0. The van der Waals surface area contributed by atoms with Gasteiger partial charge in [-0.3, -0.25) is 0 Å². The van der Waals surface area contributed by atoms with Crippen LogP contribution in [0.2, 0.25) is 0 Å². The van der Waals surface area contributed by atoms with E-state index in [-0.39, 0.29) is 43.1 Å². The van der Waals surface area contributed by atoms with Crippen molar-refractivity contribution in [1.29, 1.82) is 0 Å². The van der Waals surface area contributed by atoms with Crippen LogP contribution in [0.1, 0.15) is 20.3 Å². The predicted octanol–water partition coefficient (Wildman–Crippen LogP) is 1.15. The van der Waals surface area contributed by atoms with Crippen LogP contribution >= 0.6 is 13.5 Å². The Labute approximate surface area is 63.1 Å². The van der Waals surface area contributed by atoms with Gasteiger partial charge in [0.05, 0.1) is 0 Å². The topological polar surface area (TPSA) is 0 Å². The second-order valence-corrected chi connectivity index (χ2v) is 0.707. The van der Waals surface area contributed by atoms with Crippen molar-refractivity contribution in [2.24, 2.45) is 0 Å². The van der Waals surface area contributed by atoms with Crippen LogP contribution in [0.25, 0.3) is 0 Å². The second kappa shape index (κ2) is 18.3. The summed E-state index contributed by atoms with van der Waals surface area (Å²) in [4.78, 5) is 0. The van der Waals surface area contributed by atoms with Crippen LogP contribution in [0.15, 0.2) is 0 Å². The summed E-state index contributed by atoms with van der Waals surface area (Å²) in [5.74, 6) is 0. The van der Waals surface area contributed by atoms with E-state index >= 15 is 0 Å². The molecule has 0 aliphatic heterocycles. The predicted molar refractivity (Wildman–Crippen MR) is 32.1 cm³/mol. The summed E-state index contributed by atoms with van der Waals surface area (Å²) in [5, 5.41) is 0. The molecule has 0 spiro atoms. The maximum Gasteiger partial charge on any atom is 0 e. The summed E-state index contributed by atoms with van der Waals surface area (Å²) in [6, 6.07) is 0. The third kappa shape index (κ3) is 32.9. The second-order valence-electron chi connectivity index (χ2n) is 0.707. The van der Waals surface area contributed by atoms with E-state index in [0.717, 1.165) is 0 Å². The molecule has 0 amide bonds. The molecular formula is C3H10NaS. The zero-order valence-corrected chi connectivity index (χ0v) is 7.21. The molecule has 0 atom stereocenters. The summed E-state index contributed by atoms with van der Waals surface area (Å²) >= 11 is 0. The normalized spacial score (nSPS) is 3.60. The first-order valence-corrected chi connectivity index (χ1v) is 1.41. The summed E-state index contributed by atoms with van der Waals surface area (Å²) in [6.07, 6.45) is 1.25. The van der Waals surface area contributed by atoms with Gasteiger partial charge in [-0.2, -0.15) is 13.5 Å². The van der Waals surface area contributed by atoms with Crippen molar-refractivity contribution in [2.75, 3.05) is 0 Å². The van der Waals surface area contributed by atoms with Crippen LogP contribution in [0, 0.1) is 0 Å². The Hall–Kier alpha value is 1.35. The van der Waals surface area contributed by atoms with E-state index in [1.807, 2.05) is 0 Å². The SMILES string of the molecule is CCC.S.[Na]. The minimum atomic E-state index is 0. The molecule has 1 radical (unpaired) electrons. The average Bonchev–Trinajstić information content (AvgIpc) is 0.918. The molecule has 0 aromatic carbocycles. The van der Waals surface area contributed by atoms with Gasteiger partial charge in [0.15, 0.2) is 0 Å². The van der Waals surface area contributed by atoms with Crippen LogP contribution in [-0.4, -0.2) is 29.6 Å². The zero-order chi connectivity index (χ0) is 2.71. The molecule has 0 unspecified atom stereocenters. The third-order valence-electron chi connectivity index (χ3n) is 0. The van der Waals surface area contributed by atoms with Crippen molar-refractivity contribution in [3.8, 4) is 0 Å². The van der Waals surface area contributed by atoms with E-state index in [0.29, 0.717) is 0 Å². The minimum Gasteiger partial charge on any atom is -0.197 e. The Balaban J connectivity index is -0.0000000200. The maximum absolute atomic E-state index is 2.12. The van der Waals surface area contributed by atoms with Crippen molar-refractivity contribution in [1.82, 2.24) is 0 Å². The molecule has 0 bridgehead atoms. The molecule has 0 aromatic rings. The number of hydrogen-bond donors (Lipinski definition) is 0. The van der Waals surface area contributed by atoms with E-state index in [2.05, 4.69) is 13.8 Å². The number of rotatable bonds is 0. The van der Waals surface area contributed by atoms with Gasteiger partial charge in [0.2, 0.25) is 0 Å². The van der Waals surface area contributed by atoms with Gasteiger partial charge in [0, 0.05) is 29.6 Å². The summed E-state index contributed by atoms with van der Waals surface area (Å²) in [6.45, 7) is 4.25. The molecule has 0 rings (SSSR count). The third-order valence-corrected chi connectivity index (χ3v) is 0. The largest absolute Gasteiger partial charge is 0.197 e. The fraction of sp³-hybridized carbons (Fsp3) is 1.00. The van der Waals surface area contributed by atoms with Gasteiger partial charge >= 0.3 is 0 Å². The van der Waals surface area contributed by atoms with E-state index in [4.69, 9.17) is 0 Å². The smallest absolute Gasteiger partial charge is 0 e. The van der Waals surface area contributed by atoms with Crippen molar-refractivity contribution >= 4 is 43.1 Å². The van der Waals surface area contributed by atoms with Crippen molar-refractivity contribution < 1.29 is 0 Å². The molecular weight excluding hydrogens is 91.1 g/mol. The summed E-state index contributed by atoms with van der Waals surface area (Å²) < 4.78 is 0. The van der Waals surface area contributed by atoms with Crippen LogP contribution in [0.3, 0.4) is 0 Å². The van der Waals surface area contributed by atoms with Gasteiger partial charge in [-0.15, -0.1) is 0 Å². The standard InChI is InChI=1S/C3H8.Na.H2S/c1-3-2;;/h3H2,1-2H3;;1H2. The summed E-state index contributed by atoms with van der Waals surface area (Å²) in [7, 11) is 0. The molecule has 0 fully saturated rings. The molecule has 0 saturated heterocycles. The molecule has 5 heavy (non-hydrogen) atoms. The van der Waals surface area contributed by atoms with Gasteiger partial charge < -0.3 is 0 Å². The maximum atomic E-state index is 2.12. The van der Waals surface area contributed by atoms with Crippen LogP contribution in [0.5, 0.6) is 0 Å². The monoisotopic (exact) mass is 101 g/mol. The average molecular weight is 101 g/mol. The van der Waals surface area contributed by atoms with Crippen molar-refractivity contribution in [2.45, 2.75) is 20.3 Å². The Morgan fingerprint density at radius 1 is 1.20 bits per heavy atom. The van der Waals surface area contributed by atoms with Gasteiger partial charge in [0.1, 0.15) is 0 Å². The van der Waals surface area contributed by atoms with Crippen LogP contribution < -0.4 is 0 Å². The van der Waals surface area contributed by atoms with E-state index in [1.54, 1.807) is 0 Å². The van der Waals surface area contributed by atoms with Crippen LogP contribution in [0.4, 0.5) is 0 Å². The van der Waals surface area contributed by atoms with Gasteiger partial charge in [0.25, 0.3) is 0 Å². The molecule has 0 heterocycles. The molecule has 0 aliphatic carbocycles. The Morgan fingerprint density at radius 2 is 1.20 bits per heavy atom. The van der Waals surface area contributed by atoms with E-state index in [1.165, 1.54) is 6.42 Å². The number of hydrogen-bond acceptors (Lipinski definition) is 0. The molecule has 0 aromatic heterocycles. The first-order chi connectivity index (χ1) is 1.41. The van der Waals surface area contributed by atoms with E-state index < -0.39 is 0 Å². The van der Waals surface area contributed by atoms with Gasteiger partial charge in [-0.1, -0.05) is 20.3 Å². The molecule has 29 valence electrons. The molecule has 0 aliphatic rings. The Bertz CT molecular complexity index is 6.85. The molecule has 0 nitrogen and oxygen atoms in total. The molecule has 0 N–H and O–H groups in total. The molecule has 0 saturated carbocycles. The first kappa shape index (κ1) is 16.2. The van der Waals surface area contributed by atoms with Crippen molar-refractivity contribution in [3.63, 3.8) is 0 Å². The minimum absolute atomic E-state index is 0. The fourth-order valence-electron chi connectivity index (χ4n) is 0. The van der Waals surface area contributed by atoms with Crippen molar-refractivity contribution in [3.05, 3.63) is 0 Å². The van der Waals surface area contributed by atoms with E-state index in [9.17, 15) is 0 Å². The van der Waals surface area contributed by atoms with Crippen LogP contribution in [-0.2, 0) is 0 Å². The van der Waals surface area contributed by atoms with Gasteiger partial charge in [-0.25, -0.2) is 0 Å². The quantitative estimate of drug-likeness (QED) is 0.401.